The fourth-order valence-corrected chi connectivity index (χ4v) is 9.12. The molecule has 0 radical (unpaired) electrons. The minimum absolute atomic E-state index is 0.0990. The molecule has 0 fully saturated rings. The number of hydrogen-bond donors (Lipinski definition) is 0. The molecule has 0 aliphatic carbocycles. The first-order valence-electron chi connectivity index (χ1n) is 32.7. The molecule has 0 aliphatic heterocycles. The number of unbranched alkanes of at least 4 members (excludes halogenated alkanes) is 32. The molecule has 77 heavy (non-hydrogen) atoms. The molecule has 6 nitrogen and oxygen atoms in total. The van der Waals surface area contributed by atoms with Gasteiger partial charge in [0, 0.05) is 19.3 Å². The minimum atomic E-state index is -0.809. The molecule has 0 aromatic rings. The largest absolute Gasteiger partial charge is 0.462 e. The molecule has 6 heteroatoms. The van der Waals surface area contributed by atoms with E-state index in [0.717, 1.165) is 109 Å². The van der Waals surface area contributed by atoms with Crippen LogP contribution in [-0.2, 0) is 28.6 Å². The molecule has 442 valence electrons. The summed E-state index contributed by atoms with van der Waals surface area (Å²) in [7, 11) is 0. The summed E-state index contributed by atoms with van der Waals surface area (Å²) in [4.78, 5) is 38.4. The van der Waals surface area contributed by atoms with Gasteiger partial charge in [0.05, 0.1) is 0 Å². The molecular weight excluding hydrogens is 949 g/mol. The fraction of sp³-hybridized carbons (Fsp3) is 0.732. The summed E-state index contributed by atoms with van der Waals surface area (Å²) < 4.78 is 16.9. The molecule has 1 atom stereocenters. The topological polar surface area (TPSA) is 78.9 Å². The number of esters is 3. The van der Waals surface area contributed by atoms with Gasteiger partial charge in [-0.05, 0) is 109 Å². The van der Waals surface area contributed by atoms with Crippen LogP contribution in [0.1, 0.15) is 316 Å². The van der Waals surface area contributed by atoms with E-state index in [0.29, 0.717) is 12.8 Å². The summed E-state index contributed by atoms with van der Waals surface area (Å²) in [6.07, 6.45) is 87.0. The maximum Gasteiger partial charge on any atom is 0.306 e. The molecule has 0 spiro atoms. The van der Waals surface area contributed by atoms with Gasteiger partial charge in [-0.15, -0.1) is 0 Å². The fourth-order valence-electron chi connectivity index (χ4n) is 9.12. The van der Waals surface area contributed by atoms with E-state index in [4.69, 9.17) is 14.2 Å². The first-order valence-corrected chi connectivity index (χ1v) is 32.7. The molecule has 0 N–H and O–H groups in total. The third-order valence-electron chi connectivity index (χ3n) is 14.1. The summed E-state index contributed by atoms with van der Waals surface area (Å²) >= 11 is 0. The van der Waals surface area contributed by atoms with E-state index in [1.54, 1.807) is 0 Å². The van der Waals surface area contributed by atoms with E-state index < -0.39 is 6.10 Å². The van der Waals surface area contributed by atoms with E-state index in [9.17, 15) is 14.4 Å². The van der Waals surface area contributed by atoms with Crippen molar-refractivity contribution >= 4 is 17.9 Å². The Labute approximate surface area is 477 Å². The highest BCUT2D eigenvalue weighted by atomic mass is 16.6. The zero-order valence-corrected chi connectivity index (χ0v) is 50.7. The molecule has 0 aliphatic rings. The van der Waals surface area contributed by atoms with Crippen molar-refractivity contribution in [3.05, 3.63) is 97.2 Å². The number of rotatable bonds is 59. The van der Waals surface area contributed by atoms with Gasteiger partial charge in [0.2, 0.25) is 0 Å². The van der Waals surface area contributed by atoms with Gasteiger partial charge in [-0.25, -0.2) is 0 Å². The lowest BCUT2D eigenvalue weighted by Gasteiger charge is -2.18. The average molecular weight is 1070 g/mol. The number of ether oxygens (including phenoxy) is 3. The van der Waals surface area contributed by atoms with Gasteiger partial charge in [-0.2, -0.15) is 0 Å². The normalized spacial score (nSPS) is 12.7. The van der Waals surface area contributed by atoms with E-state index in [-0.39, 0.29) is 37.5 Å². The van der Waals surface area contributed by atoms with Gasteiger partial charge < -0.3 is 14.2 Å². The van der Waals surface area contributed by atoms with Crippen molar-refractivity contribution < 1.29 is 28.6 Å². The van der Waals surface area contributed by atoms with E-state index in [1.165, 1.54) is 167 Å². The smallest absolute Gasteiger partial charge is 0.306 e. The molecule has 0 saturated heterocycles. The number of allylic oxidation sites excluding steroid dienone is 16. The van der Waals surface area contributed by atoms with Crippen LogP contribution >= 0.6 is 0 Å². The molecule has 0 aromatic carbocycles. The van der Waals surface area contributed by atoms with Gasteiger partial charge in [-0.1, -0.05) is 285 Å². The Balaban J connectivity index is 4.47. The Hall–Kier alpha value is -3.67. The van der Waals surface area contributed by atoms with E-state index >= 15 is 0 Å². The molecule has 0 aromatic heterocycles. The van der Waals surface area contributed by atoms with Gasteiger partial charge >= 0.3 is 17.9 Å². The summed E-state index contributed by atoms with van der Waals surface area (Å²) in [5, 5.41) is 0. The van der Waals surface area contributed by atoms with Crippen LogP contribution in [0, 0.1) is 0 Å². The summed E-state index contributed by atoms with van der Waals surface area (Å²) in [6, 6.07) is 0. The summed E-state index contributed by atoms with van der Waals surface area (Å²) in [6.45, 7) is 6.57. The Bertz CT molecular complexity index is 1510. The first kappa shape index (κ1) is 73.3. The third kappa shape index (κ3) is 63.0. The zero-order chi connectivity index (χ0) is 55.7. The lowest BCUT2D eigenvalue weighted by molar-refractivity contribution is -0.167. The Morgan fingerprint density at radius 1 is 0.260 bits per heavy atom. The maximum atomic E-state index is 12.9. The van der Waals surface area contributed by atoms with Crippen molar-refractivity contribution in [3.63, 3.8) is 0 Å². The van der Waals surface area contributed by atoms with Crippen molar-refractivity contribution in [1.29, 1.82) is 0 Å². The van der Waals surface area contributed by atoms with Crippen LogP contribution in [0.15, 0.2) is 97.2 Å². The van der Waals surface area contributed by atoms with Crippen LogP contribution in [0.2, 0.25) is 0 Å². The molecule has 0 saturated carbocycles. The monoisotopic (exact) mass is 1070 g/mol. The van der Waals surface area contributed by atoms with Crippen molar-refractivity contribution in [2.45, 2.75) is 322 Å². The van der Waals surface area contributed by atoms with Crippen LogP contribution in [-0.4, -0.2) is 37.2 Å². The SMILES string of the molecule is CCCCC/C=C\C/C=C\C/C=C\C/C=C\CCCCCC(=O)OC[C@H](COC(=O)CCCCCCCCCCCCCCCCCCCCCCC)OC(=O)CCCCC/C=C\C/C=C\C/C=C\C/C=C\CCCCC. The molecule has 0 amide bonds. The maximum absolute atomic E-state index is 12.9. The van der Waals surface area contributed by atoms with Gasteiger partial charge in [-0.3, -0.25) is 14.4 Å². The number of hydrogen-bond acceptors (Lipinski definition) is 6. The summed E-state index contributed by atoms with van der Waals surface area (Å²) in [5.41, 5.74) is 0. The second-order valence-corrected chi connectivity index (χ2v) is 21.7. The lowest BCUT2D eigenvalue weighted by Crippen LogP contribution is -2.30. The van der Waals surface area contributed by atoms with Gasteiger partial charge in [0.15, 0.2) is 6.10 Å². The Morgan fingerprint density at radius 2 is 0.468 bits per heavy atom. The summed E-state index contributed by atoms with van der Waals surface area (Å²) in [5.74, 6) is -0.950. The van der Waals surface area contributed by atoms with Crippen LogP contribution < -0.4 is 0 Å². The molecule has 0 heterocycles. The molecule has 0 rings (SSSR count). The highest BCUT2D eigenvalue weighted by Crippen LogP contribution is 2.17. The lowest BCUT2D eigenvalue weighted by atomic mass is 10.0. The van der Waals surface area contributed by atoms with Crippen LogP contribution in [0.4, 0.5) is 0 Å². The van der Waals surface area contributed by atoms with Crippen molar-refractivity contribution in [2.75, 3.05) is 13.2 Å². The van der Waals surface area contributed by atoms with Crippen LogP contribution in [0.5, 0.6) is 0 Å². The van der Waals surface area contributed by atoms with E-state index in [1.807, 2.05) is 0 Å². The highest BCUT2D eigenvalue weighted by Gasteiger charge is 2.19. The quantitative estimate of drug-likeness (QED) is 0.0261. The number of carbonyl (C=O) groups is 3. The van der Waals surface area contributed by atoms with Gasteiger partial charge in [0.1, 0.15) is 13.2 Å². The third-order valence-corrected chi connectivity index (χ3v) is 14.1. The van der Waals surface area contributed by atoms with Crippen molar-refractivity contribution in [3.8, 4) is 0 Å². The van der Waals surface area contributed by atoms with Crippen LogP contribution in [0.3, 0.4) is 0 Å². The van der Waals surface area contributed by atoms with Crippen molar-refractivity contribution in [2.24, 2.45) is 0 Å². The number of carbonyl (C=O) groups excluding carboxylic acids is 3. The average Bonchev–Trinajstić information content (AvgIpc) is 3.43. The second kappa shape index (κ2) is 64.9. The Kier molecular flexibility index (Phi) is 61.8. The van der Waals surface area contributed by atoms with E-state index in [2.05, 4.69) is 118 Å². The van der Waals surface area contributed by atoms with Gasteiger partial charge in [0.25, 0.3) is 0 Å². The van der Waals surface area contributed by atoms with Crippen LogP contribution in [0.25, 0.3) is 0 Å². The predicted octanol–water partition coefficient (Wildman–Crippen LogP) is 22.4. The first-order chi connectivity index (χ1) is 38.0. The molecular formula is C71H122O6. The highest BCUT2D eigenvalue weighted by molar-refractivity contribution is 5.71. The molecule has 0 unspecified atom stereocenters. The standard InChI is InChI=1S/C71H122O6/c1-4-7-10-13-16-19-22-25-28-31-34-35-38-40-43-46-49-52-55-58-61-64-70(73)76-67-68(77-71(74)65-62-59-56-53-50-47-44-41-37-33-30-27-24-21-18-15-12-9-6-3)66-75-69(72)63-60-57-54-51-48-45-42-39-36-32-29-26-23-20-17-14-11-8-5-2/h17-18,20-21,26-27,29-30,36-37,39,41,45,47-48,50,68H,4-16,19,22-25,28,31-35,38,40,42-44,46,49,51-67H2,1-3H3/b20-17-,21-18-,29-26-,30-27-,39-36-,41-37-,48-45-,50-47-/t68-/m1/s1. The van der Waals surface area contributed by atoms with Crippen molar-refractivity contribution in [1.82, 2.24) is 0 Å². The zero-order valence-electron chi connectivity index (χ0n) is 50.7. The predicted molar refractivity (Wildman–Crippen MR) is 334 cm³/mol. The molecule has 0 bridgehead atoms. The Morgan fingerprint density at radius 3 is 0.753 bits per heavy atom. The minimum Gasteiger partial charge on any atom is -0.462 e. The second-order valence-electron chi connectivity index (χ2n) is 21.7.